The molecule has 32 heavy (non-hydrogen) atoms. The van der Waals surface area contributed by atoms with Gasteiger partial charge < -0.3 is 0 Å². The second-order valence-electron chi connectivity index (χ2n) is 7.50. The molecule has 0 saturated heterocycles. The second kappa shape index (κ2) is 8.05. The number of ketones is 1. The van der Waals surface area contributed by atoms with Crippen LogP contribution in [0, 0.1) is 13.8 Å². The molecule has 0 unspecified atom stereocenters. The summed E-state index contributed by atoms with van der Waals surface area (Å²) in [5.41, 5.74) is 2.51. The highest BCUT2D eigenvalue weighted by Crippen LogP contribution is 2.23. The van der Waals surface area contributed by atoms with E-state index in [0.29, 0.717) is 39.2 Å². The molecule has 0 saturated carbocycles. The minimum Gasteiger partial charge on any atom is -0.295 e. The van der Waals surface area contributed by atoms with Crippen molar-refractivity contribution >= 4 is 32.4 Å². The Morgan fingerprint density at radius 2 is 1.66 bits per heavy atom. The number of hydrogen-bond donors (Lipinski definition) is 1. The van der Waals surface area contributed by atoms with Crippen LogP contribution >= 0.6 is 0 Å². The lowest BCUT2D eigenvalue weighted by molar-refractivity contribution is 0.101. The van der Waals surface area contributed by atoms with E-state index >= 15 is 0 Å². The average molecular weight is 448 g/mol. The van der Waals surface area contributed by atoms with E-state index in [4.69, 9.17) is 0 Å². The zero-order valence-corrected chi connectivity index (χ0v) is 18.6. The van der Waals surface area contributed by atoms with Crippen LogP contribution in [0.15, 0.2) is 76.4 Å². The first-order chi connectivity index (χ1) is 15.2. The van der Waals surface area contributed by atoms with E-state index in [2.05, 4.69) is 9.71 Å². The van der Waals surface area contributed by atoms with Crippen molar-refractivity contribution in [1.82, 2.24) is 9.55 Å². The van der Waals surface area contributed by atoms with Gasteiger partial charge in [0.15, 0.2) is 5.78 Å². The second-order valence-corrected chi connectivity index (χ2v) is 9.18. The minimum absolute atomic E-state index is 0.0526. The first kappa shape index (κ1) is 21.5. The topological polar surface area (TPSA) is 98.1 Å². The molecule has 3 aromatic carbocycles. The monoisotopic (exact) mass is 447 g/mol. The van der Waals surface area contributed by atoms with E-state index < -0.39 is 10.0 Å². The van der Waals surface area contributed by atoms with Gasteiger partial charge in [-0.15, -0.1) is 0 Å². The molecule has 7 nitrogen and oxygen atoms in total. The number of sulfonamides is 1. The Balaban J connectivity index is 1.69. The van der Waals surface area contributed by atoms with Crippen LogP contribution in [0.4, 0.5) is 5.69 Å². The van der Waals surface area contributed by atoms with Crippen molar-refractivity contribution < 1.29 is 13.2 Å². The highest BCUT2D eigenvalue weighted by atomic mass is 32.2. The molecular weight excluding hydrogens is 426 g/mol. The number of aromatic nitrogens is 2. The zero-order valence-electron chi connectivity index (χ0n) is 17.8. The van der Waals surface area contributed by atoms with Gasteiger partial charge in [-0.25, -0.2) is 13.4 Å². The number of nitrogens with one attached hydrogen (secondary N) is 1. The highest BCUT2D eigenvalue weighted by molar-refractivity contribution is 7.92. The smallest absolute Gasteiger partial charge is 0.265 e. The van der Waals surface area contributed by atoms with Gasteiger partial charge in [-0.05, 0) is 68.8 Å². The molecule has 4 rings (SSSR count). The third-order valence-corrected chi connectivity index (χ3v) is 6.61. The van der Waals surface area contributed by atoms with Crippen molar-refractivity contribution in [3.05, 3.63) is 94.0 Å². The molecular formula is C24H21N3O4S. The van der Waals surface area contributed by atoms with Crippen LogP contribution in [0.25, 0.3) is 16.6 Å². The van der Waals surface area contributed by atoms with Gasteiger partial charge in [0.1, 0.15) is 5.82 Å². The lowest BCUT2D eigenvalue weighted by Gasteiger charge is -2.15. The summed E-state index contributed by atoms with van der Waals surface area (Å²) < 4.78 is 29.6. The summed E-state index contributed by atoms with van der Waals surface area (Å²) in [4.78, 5) is 29.0. The van der Waals surface area contributed by atoms with E-state index in [1.807, 2.05) is 6.07 Å². The number of hydrogen-bond acceptors (Lipinski definition) is 5. The zero-order chi connectivity index (χ0) is 23.0. The van der Waals surface area contributed by atoms with Gasteiger partial charge in [0.05, 0.1) is 27.2 Å². The minimum atomic E-state index is -3.84. The van der Waals surface area contributed by atoms with Crippen LogP contribution in [0.5, 0.6) is 0 Å². The summed E-state index contributed by atoms with van der Waals surface area (Å²) in [5, 5.41) is 0.509. The van der Waals surface area contributed by atoms with Crippen molar-refractivity contribution in [2.75, 3.05) is 4.72 Å². The maximum Gasteiger partial charge on any atom is 0.265 e. The van der Waals surface area contributed by atoms with E-state index in [1.165, 1.54) is 35.8 Å². The van der Waals surface area contributed by atoms with Crippen molar-refractivity contribution in [1.29, 1.82) is 0 Å². The molecule has 0 aliphatic heterocycles. The molecule has 0 amide bonds. The van der Waals surface area contributed by atoms with E-state index in [0.717, 1.165) is 0 Å². The van der Waals surface area contributed by atoms with Gasteiger partial charge in [-0.2, -0.15) is 0 Å². The Labute approximate surface area is 185 Å². The molecule has 0 fully saturated rings. The predicted octanol–water partition coefficient (Wildman–Crippen LogP) is 4.01. The maximum absolute atomic E-state index is 13.0. The quantitative estimate of drug-likeness (QED) is 0.466. The fourth-order valence-corrected chi connectivity index (χ4v) is 4.65. The Hall–Kier alpha value is -3.78. The maximum atomic E-state index is 13.0. The third kappa shape index (κ3) is 3.92. The summed E-state index contributed by atoms with van der Waals surface area (Å²) >= 11 is 0. The SMILES string of the molecule is CC(=O)c1ccc(S(=O)(=O)Nc2ccc(-n3c(C)nc4ccccc4c3=O)cc2C)cc1. The molecule has 0 radical (unpaired) electrons. The molecule has 1 N–H and O–H groups in total. The number of carbonyl (C=O) groups excluding carboxylic acids is 1. The molecule has 1 aromatic heterocycles. The highest BCUT2D eigenvalue weighted by Gasteiger charge is 2.17. The van der Waals surface area contributed by atoms with Crippen molar-refractivity contribution in [3.63, 3.8) is 0 Å². The fourth-order valence-electron chi connectivity index (χ4n) is 3.52. The molecule has 0 aliphatic rings. The van der Waals surface area contributed by atoms with Gasteiger partial charge in [0.25, 0.3) is 15.6 Å². The van der Waals surface area contributed by atoms with Crippen LogP contribution in [0.2, 0.25) is 0 Å². The molecule has 0 atom stereocenters. The number of para-hydroxylation sites is 1. The van der Waals surface area contributed by atoms with E-state index in [9.17, 15) is 18.0 Å². The van der Waals surface area contributed by atoms with Crippen LogP contribution in [0.3, 0.4) is 0 Å². The average Bonchev–Trinajstić information content (AvgIpc) is 2.75. The summed E-state index contributed by atoms with van der Waals surface area (Å²) in [7, 11) is -3.84. The number of benzene rings is 3. The molecule has 4 aromatic rings. The van der Waals surface area contributed by atoms with Gasteiger partial charge in [-0.1, -0.05) is 24.3 Å². The van der Waals surface area contributed by atoms with Crippen molar-refractivity contribution in [2.45, 2.75) is 25.7 Å². The van der Waals surface area contributed by atoms with Gasteiger partial charge in [-0.3, -0.25) is 18.9 Å². The van der Waals surface area contributed by atoms with Crippen LogP contribution < -0.4 is 10.3 Å². The van der Waals surface area contributed by atoms with Gasteiger partial charge in [0, 0.05) is 5.56 Å². The van der Waals surface area contributed by atoms with Crippen molar-refractivity contribution in [3.8, 4) is 5.69 Å². The molecule has 1 heterocycles. The molecule has 0 spiro atoms. The Bertz CT molecular complexity index is 1520. The molecule has 162 valence electrons. The summed E-state index contributed by atoms with van der Waals surface area (Å²) in [6, 6.07) is 17.9. The first-order valence-electron chi connectivity index (χ1n) is 9.90. The number of aryl methyl sites for hydroxylation is 2. The number of fused-ring (bicyclic) bond motifs is 1. The normalized spacial score (nSPS) is 11.5. The Kier molecular flexibility index (Phi) is 5.40. The molecule has 8 heteroatoms. The standard InChI is InChI=1S/C24H21N3O4S/c1-15-14-19(27-17(3)25-23-7-5-4-6-21(23)24(27)29)10-13-22(15)26-32(30,31)20-11-8-18(9-12-20)16(2)28/h4-14,26H,1-3H3. The number of anilines is 1. The van der Waals surface area contributed by atoms with E-state index in [1.54, 1.807) is 50.2 Å². The number of Topliss-reactive ketones (excluding diaryl/α,β-unsaturated/α-hetero) is 1. The van der Waals surface area contributed by atoms with E-state index in [-0.39, 0.29) is 16.2 Å². The molecule has 0 bridgehead atoms. The largest absolute Gasteiger partial charge is 0.295 e. The van der Waals surface area contributed by atoms with Crippen LogP contribution in [-0.4, -0.2) is 23.8 Å². The molecule has 0 aliphatic carbocycles. The fraction of sp³-hybridized carbons (Fsp3) is 0.125. The van der Waals surface area contributed by atoms with Crippen molar-refractivity contribution in [2.24, 2.45) is 0 Å². The van der Waals surface area contributed by atoms with Gasteiger partial charge in [0.2, 0.25) is 0 Å². The lowest BCUT2D eigenvalue weighted by atomic mass is 10.1. The Morgan fingerprint density at radius 1 is 0.969 bits per heavy atom. The summed E-state index contributed by atoms with van der Waals surface area (Å²) in [5.74, 6) is 0.397. The predicted molar refractivity (Wildman–Crippen MR) is 124 cm³/mol. The number of carbonyl (C=O) groups is 1. The first-order valence-corrected chi connectivity index (χ1v) is 11.4. The van der Waals surface area contributed by atoms with Gasteiger partial charge >= 0.3 is 0 Å². The van der Waals surface area contributed by atoms with Crippen LogP contribution in [-0.2, 0) is 10.0 Å². The summed E-state index contributed by atoms with van der Waals surface area (Å²) in [6.45, 7) is 4.93. The third-order valence-electron chi connectivity index (χ3n) is 5.23. The number of rotatable bonds is 5. The Morgan fingerprint density at radius 3 is 2.31 bits per heavy atom. The number of nitrogens with zero attached hydrogens (tertiary/aromatic N) is 2. The summed E-state index contributed by atoms with van der Waals surface area (Å²) in [6.07, 6.45) is 0. The lowest BCUT2D eigenvalue weighted by Crippen LogP contribution is -2.22. The van der Waals surface area contributed by atoms with Crippen LogP contribution in [0.1, 0.15) is 28.7 Å².